The van der Waals surface area contributed by atoms with Gasteiger partial charge in [0.25, 0.3) is 10.2 Å². The van der Waals surface area contributed by atoms with E-state index < -0.39 is 40.2 Å². The summed E-state index contributed by atoms with van der Waals surface area (Å²) in [6, 6.07) is 1.94. The van der Waals surface area contributed by atoms with Crippen LogP contribution in [0, 0.1) is 0 Å². The van der Waals surface area contributed by atoms with Crippen molar-refractivity contribution in [2.24, 2.45) is 0 Å². The largest absolute Gasteiger partial charge is 0.478 e. The predicted octanol–water partition coefficient (Wildman–Crippen LogP) is 2.50. The fourth-order valence-electron chi connectivity index (χ4n) is 1.19. The molecule has 0 aliphatic rings. The van der Waals surface area contributed by atoms with Crippen LogP contribution < -0.4 is 9.44 Å². The van der Waals surface area contributed by atoms with Crippen molar-refractivity contribution in [1.82, 2.24) is 4.72 Å². The Morgan fingerprint density at radius 2 is 1.86 bits per heavy atom. The maximum absolute atomic E-state index is 12.0. The molecule has 6 nitrogen and oxygen atoms in total. The van der Waals surface area contributed by atoms with Gasteiger partial charge in [-0.3, -0.25) is 4.72 Å². The van der Waals surface area contributed by atoms with Gasteiger partial charge in [0, 0.05) is 5.02 Å². The van der Waals surface area contributed by atoms with Crippen molar-refractivity contribution in [3.05, 3.63) is 27.7 Å². The highest BCUT2D eigenvalue weighted by Gasteiger charge is 2.30. The summed E-state index contributed by atoms with van der Waals surface area (Å²) in [6.45, 7) is -1.82. The van der Waals surface area contributed by atoms with Crippen LogP contribution in [0.5, 0.6) is 0 Å². The number of benzene rings is 1. The Morgan fingerprint density at radius 1 is 1.29 bits per heavy atom. The first-order chi connectivity index (χ1) is 9.41. The highest BCUT2D eigenvalue weighted by Crippen LogP contribution is 2.31. The van der Waals surface area contributed by atoms with E-state index in [2.05, 4.69) is 0 Å². The molecule has 3 N–H and O–H groups in total. The third-order valence-electron chi connectivity index (χ3n) is 1.98. The third-order valence-corrected chi connectivity index (χ3v) is 3.50. The minimum Gasteiger partial charge on any atom is -0.478 e. The van der Waals surface area contributed by atoms with E-state index in [1.54, 1.807) is 4.72 Å². The Kier molecular flexibility index (Phi) is 5.31. The molecular weight excluding hydrogens is 360 g/mol. The van der Waals surface area contributed by atoms with E-state index in [1.165, 1.54) is 4.72 Å². The lowest BCUT2D eigenvalue weighted by Crippen LogP contribution is -2.37. The number of halogens is 5. The van der Waals surface area contributed by atoms with Crippen molar-refractivity contribution in [3.63, 3.8) is 0 Å². The summed E-state index contributed by atoms with van der Waals surface area (Å²) in [6.07, 6.45) is -4.77. The highest BCUT2D eigenvalue weighted by atomic mass is 35.5. The van der Waals surface area contributed by atoms with Crippen LogP contribution in [0.2, 0.25) is 10.0 Å². The predicted molar refractivity (Wildman–Crippen MR) is 70.0 cm³/mol. The zero-order valence-electron chi connectivity index (χ0n) is 9.83. The average Bonchev–Trinajstić information content (AvgIpc) is 2.29. The second-order valence-electron chi connectivity index (χ2n) is 3.66. The Balaban J connectivity index is 3.10. The van der Waals surface area contributed by atoms with Gasteiger partial charge in [0.1, 0.15) is 6.54 Å². The molecule has 21 heavy (non-hydrogen) atoms. The number of nitrogens with one attached hydrogen (secondary N) is 2. The summed E-state index contributed by atoms with van der Waals surface area (Å²) >= 11 is 11.2. The molecule has 12 heteroatoms. The molecule has 0 atom stereocenters. The van der Waals surface area contributed by atoms with Crippen molar-refractivity contribution < 1.29 is 31.5 Å². The fraction of sp³-hybridized carbons (Fsp3) is 0.222. The minimum atomic E-state index is -4.77. The van der Waals surface area contributed by atoms with E-state index in [4.69, 9.17) is 28.3 Å². The SMILES string of the molecule is O=C(O)c1cc(Cl)cc(Cl)c1NS(=O)(=O)NCC(F)(F)F. The first kappa shape index (κ1) is 17.8. The average molecular weight is 367 g/mol. The van der Waals surface area contributed by atoms with Crippen molar-refractivity contribution in [2.75, 3.05) is 11.3 Å². The van der Waals surface area contributed by atoms with Crippen LogP contribution >= 0.6 is 23.2 Å². The van der Waals surface area contributed by atoms with Crippen LogP contribution in [0.3, 0.4) is 0 Å². The van der Waals surface area contributed by atoms with Gasteiger partial charge in [0.2, 0.25) is 0 Å². The molecule has 1 aromatic carbocycles. The lowest BCUT2D eigenvalue weighted by atomic mass is 10.2. The molecule has 1 aromatic rings. The smallest absolute Gasteiger partial charge is 0.402 e. The lowest BCUT2D eigenvalue weighted by molar-refractivity contribution is -0.121. The Morgan fingerprint density at radius 3 is 2.33 bits per heavy atom. The van der Waals surface area contributed by atoms with Crippen LogP contribution in [-0.4, -0.2) is 32.2 Å². The first-order valence-corrected chi connectivity index (χ1v) is 7.22. The number of aromatic carboxylic acids is 1. The number of carbonyl (C=O) groups is 1. The molecule has 0 aliphatic heterocycles. The summed E-state index contributed by atoms with van der Waals surface area (Å²) in [7, 11) is -4.67. The molecule has 0 saturated heterocycles. The molecule has 0 amide bonds. The molecule has 0 heterocycles. The Hall–Kier alpha value is -1.23. The maximum Gasteiger partial charge on any atom is 0.402 e. The zero-order chi connectivity index (χ0) is 16.4. The zero-order valence-corrected chi connectivity index (χ0v) is 12.2. The monoisotopic (exact) mass is 366 g/mol. The van der Waals surface area contributed by atoms with Crippen molar-refractivity contribution in [3.8, 4) is 0 Å². The summed E-state index contributed by atoms with van der Waals surface area (Å²) in [4.78, 5) is 11.0. The number of alkyl halides is 3. The second kappa shape index (κ2) is 6.26. The van der Waals surface area contributed by atoms with Gasteiger partial charge in [-0.05, 0) is 12.1 Å². The number of hydrogen-bond acceptors (Lipinski definition) is 3. The molecule has 118 valence electrons. The summed E-state index contributed by atoms with van der Waals surface area (Å²) in [5, 5.41) is 8.46. The van der Waals surface area contributed by atoms with E-state index in [-0.39, 0.29) is 10.0 Å². The highest BCUT2D eigenvalue weighted by molar-refractivity contribution is 7.90. The summed E-state index contributed by atoms with van der Waals surface area (Å²) in [5.41, 5.74) is -1.20. The third kappa shape index (κ3) is 5.58. The van der Waals surface area contributed by atoms with E-state index in [9.17, 15) is 26.4 Å². The number of carboxylic acids is 1. The molecule has 0 aliphatic carbocycles. The van der Waals surface area contributed by atoms with Crippen molar-refractivity contribution in [2.45, 2.75) is 6.18 Å². The molecule has 0 unspecified atom stereocenters. The number of anilines is 1. The molecule has 0 fully saturated rings. The molecule has 0 spiro atoms. The molecular formula is C9H7Cl2F3N2O4S. The van der Waals surface area contributed by atoms with Crippen LogP contribution in [0.1, 0.15) is 10.4 Å². The van der Waals surface area contributed by atoms with Gasteiger partial charge in [0.05, 0.1) is 16.3 Å². The Labute approximate surface area is 127 Å². The molecule has 0 radical (unpaired) electrons. The van der Waals surface area contributed by atoms with Crippen LogP contribution in [0.15, 0.2) is 12.1 Å². The molecule has 0 aromatic heterocycles. The maximum atomic E-state index is 12.0. The topological polar surface area (TPSA) is 95.5 Å². The summed E-state index contributed by atoms with van der Waals surface area (Å²) < 4.78 is 61.7. The molecule has 0 bridgehead atoms. The van der Waals surface area contributed by atoms with Gasteiger partial charge in [-0.2, -0.15) is 26.3 Å². The molecule has 0 saturated carbocycles. The first-order valence-electron chi connectivity index (χ1n) is 4.98. The minimum absolute atomic E-state index is 0.0800. The van der Waals surface area contributed by atoms with E-state index in [0.717, 1.165) is 12.1 Å². The normalized spacial score (nSPS) is 12.2. The number of hydrogen-bond donors (Lipinski definition) is 3. The number of carboxylic acid groups (broad SMARTS) is 1. The van der Waals surface area contributed by atoms with Crippen LogP contribution in [0.4, 0.5) is 18.9 Å². The quantitative estimate of drug-likeness (QED) is 0.745. The van der Waals surface area contributed by atoms with Crippen molar-refractivity contribution >= 4 is 45.1 Å². The van der Waals surface area contributed by atoms with Gasteiger partial charge in [0.15, 0.2) is 0 Å². The second-order valence-corrected chi connectivity index (χ2v) is 6.00. The van der Waals surface area contributed by atoms with Gasteiger partial charge < -0.3 is 5.11 Å². The lowest BCUT2D eigenvalue weighted by Gasteiger charge is -2.14. The fourth-order valence-corrected chi connectivity index (χ4v) is 2.70. The van der Waals surface area contributed by atoms with E-state index in [0.29, 0.717) is 0 Å². The standard InChI is InChI=1S/C9H7Cl2F3N2O4S/c10-4-1-5(8(17)18)7(6(11)2-4)16-21(19,20)15-3-9(12,13)14/h1-2,15-16H,3H2,(H,17,18). The van der Waals surface area contributed by atoms with Crippen LogP contribution in [0.25, 0.3) is 0 Å². The summed E-state index contributed by atoms with van der Waals surface area (Å²) in [5.74, 6) is -1.56. The van der Waals surface area contributed by atoms with Gasteiger partial charge >= 0.3 is 12.1 Å². The Bertz CT molecular complexity index is 664. The van der Waals surface area contributed by atoms with Crippen LogP contribution in [-0.2, 0) is 10.2 Å². The van der Waals surface area contributed by atoms with Gasteiger partial charge in [-0.15, -0.1) is 0 Å². The van der Waals surface area contributed by atoms with E-state index >= 15 is 0 Å². The van der Waals surface area contributed by atoms with Crippen molar-refractivity contribution in [1.29, 1.82) is 0 Å². The van der Waals surface area contributed by atoms with E-state index in [1.807, 2.05) is 0 Å². The van der Waals surface area contributed by atoms with Gasteiger partial charge in [-0.1, -0.05) is 23.2 Å². The molecule has 1 rings (SSSR count). The van der Waals surface area contributed by atoms with Gasteiger partial charge in [-0.25, -0.2) is 4.79 Å². The number of rotatable bonds is 5.